The summed E-state index contributed by atoms with van der Waals surface area (Å²) in [5.41, 5.74) is 3.51. The van der Waals surface area contributed by atoms with Gasteiger partial charge in [0, 0.05) is 31.2 Å². The van der Waals surface area contributed by atoms with Crippen molar-refractivity contribution in [3.05, 3.63) is 41.8 Å². The Kier molecular flexibility index (Phi) is 6.80. The molecule has 0 atom stereocenters. The Morgan fingerprint density at radius 1 is 1.23 bits per heavy atom. The lowest BCUT2D eigenvalue weighted by molar-refractivity contribution is -0.746. The molecule has 3 rings (SSSR count). The van der Waals surface area contributed by atoms with Crippen molar-refractivity contribution in [2.24, 2.45) is 5.92 Å². The molecule has 1 aromatic heterocycles. The number of hydrogen-bond donors (Lipinski definition) is 1. The summed E-state index contributed by atoms with van der Waals surface area (Å²) in [4.78, 5) is 2.36. The topological polar surface area (TPSA) is 32.1 Å². The van der Waals surface area contributed by atoms with E-state index in [4.69, 9.17) is 4.74 Å². The maximum atomic E-state index is 13.4. The molecule has 1 N–H and O–H groups in total. The van der Waals surface area contributed by atoms with E-state index in [0.29, 0.717) is 5.92 Å². The summed E-state index contributed by atoms with van der Waals surface area (Å²) in [5, 5.41) is 3.45. The van der Waals surface area contributed by atoms with Crippen LogP contribution in [0.4, 0.5) is 4.39 Å². The fourth-order valence-corrected chi connectivity index (χ4v) is 3.66. The highest BCUT2D eigenvalue weighted by molar-refractivity contribution is 5.59. The number of benzene rings is 1. The molecule has 5 heteroatoms. The van der Waals surface area contributed by atoms with Gasteiger partial charge in [0.1, 0.15) is 5.82 Å². The number of rotatable bonds is 8. The lowest BCUT2D eigenvalue weighted by Gasteiger charge is -2.19. The number of ether oxygens (including phenoxy) is 1. The van der Waals surface area contributed by atoms with Crippen molar-refractivity contribution in [2.45, 2.75) is 45.7 Å². The van der Waals surface area contributed by atoms with Gasteiger partial charge in [-0.25, -0.2) is 4.39 Å². The van der Waals surface area contributed by atoms with Crippen molar-refractivity contribution in [3.8, 4) is 11.3 Å². The number of hydrogen-bond acceptors (Lipinski definition) is 2. The van der Waals surface area contributed by atoms with Crippen molar-refractivity contribution in [1.29, 1.82) is 0 Å². The zero-order chi connectivity index (χ0) is 18.4. The lowest BCUT2D eigenvalue weighted by Crippen LogP contribution is -2.42. The van der Waals surface area contributed by atoms with Crippen LogP contribution >= 0.6 is 0 Å². The van der Waals surface area contributed by atoms with E-state index in [2.05, 4.69) is 34.8 Å². The van der Waals surface area contributed by atoms with E-state index in [1.807, 2.05) is 12.1 Å². The van der Waals surface area contributed by atoms with E-state index in [9.17, 15) is 4.39 Å². The van der Waals surface area contributed by atoms with Gasteiger partial charge in [0.2, 0.25) is 5.69 Å². The minimum Gasteiger partial charge on any atom is -0.381 e. The molecule has 1 saturated heterocycles. The third-order valence-corrected chi connectivity index (χ3v) is 5.20. The van der Waals surface area contributed by atoms with Gasteiger partial charge < -0.3 is 9.64 Å². The monoisotopic (exact) mass is 360 g/mol. The van der Waals surface area contributed by atoms with Crippen LogP contribution in [0, 0.1) is 11.7 Å². The Balaban J connectivity index is 1.84. The van der Waals surface area contributed by atoms with E-state index < -0.39 is 0 Å². The lowest BCUT2D eigenvalue weighted by atomic mass is 10.00. The molecule has 0 amide bonds. The second-order valence-corrected chi connectivity index (χ2v) is 7.41. The molecule has 26 heavy (non-hydrogen) atoms. The third-order valence-electron chi connectivity index (χ3n) is 5.20. The quantitative estimate of drug-likeness (QED) is 0.727. The van der Waals surface area contributed by atoms with Gasteiger partial charge in [-0.2, -0.15) is 5.10 Å². The highest BCUT2D eigenvalue weighted by Gasteiger charge is 2.26. The second kappa shape index (κ2) is 9.28. The Bertz CT molecular complexity index is 677. The van der Waals surface area contributed by atoms with Crippen molar-refractivity contribution in [2.75, 3.05) is 26.8 Å². The molecular weight excluding hydrogens is 329 g/mol. The Labute approximate surface area is 156 Å². The first-order valence-corrected chi connectivity index (χ1v) is 9.79. The van der Waals surface area contributed by atoms with Crippen LogP contribution < -0.4 is 4.68 Å². The summed E-state index contributed by atoms with van der Waals surface area (Å²) in [5.74, 6) is 0.430. The van der Waals surface area contributed by atoms with Crippen LogP contribution in [0.5, 0.6) is 0 Å². The van der Waals surface area contributed by atoms with Crippen molar-refractivity contribution in [3.63, 3.8) is 0 Å². The minimum atomic E-state index is -0.193. The fraction of sp³-hybridized carbons (Fsp3) is 0.571. The molecule has 1 aliphatic rings. The van der Waals surface area contributed by atoms with E-state index in [-0.39, 0.29) is 5.82 Å². The number of H-pyrrole nitrogens is 1. The number of unbranched alkanes of at least 4 members (excludes halogenated alkanes) is 1. The molecular formula is C21H31FN3O+. The fourth-order valence-electron chi connectivity index (χ4n) is 3.66. The van der Waals surface area contributed by atoms with Crippen LogP contribution in [0.1, 0.15) is 38.2 Å². The Hall–Kier alpha value is -1.72. The Morgan fingerprint density at radius 2 is 1.96 bits per heavy atom. The minimum absolute atomic E-state index is 0.193. The molecule has 0 spiro atoms. The standard InChI is InChI=1S/C21H30FN3O/c1-3-4-11-24(2)16-19-14-23-25(15-17-9-12-26-13-10-17)21(19)18-5-7-20(22)8-6-18/h5-8,14,17H,3-4,9-13,15-16H2,1-2H3/p+1. The number of aromatic nitrogens is 2. The van der Waals surface area contributed by atoms with E-state index in [1.54, 1.807) is 12.1 Å². The van der Waals surface area contributed by atoms with Crippen LogP contribution in [0.3, 0.4) is 0 Å². The van der Waals surface area contributed by atoms with E-state index in [1.165, 1.54) is 24.1 Å². The van der Waals surface area contributed by atoms with Gasteiger partial charge >= 0.3 is 0 Å². The molecule has 2 aromatic rings. The summed E-state index contributed by atoms with van der Waals surface area (Å²) >= 11 is 0. The van der Waals surface area contributed by atoms with Crippen LogP contribution in [0.15, 0.2) is 30.5 Å². The first-order valence-electron chi connectivity index (χ1n) is 9.79. The molecule has 1 aliphatic heterocycles. The third kappa shape index (κ3) is 4.92. The number of halogens is 1. The first-order chi connectivity index (χ1) is 12.7. The summed E-state index contributed by atoms with van der Waals surface area (Å²) in [6, 6.07) is 6.86. The zero-order valence-electron chi connectivity index (χ0n) is 16.0. The van der Waals surface area contributed by atoms with Gasteiger partial charge in [-0.3, -0.25) is 0 Å². The van der Waals surface area contributed by atoms with Gasteiger partial charge in [-0.15, -0.1) is 4.68 Å². The van der Waals surface area contributed by atoms with Gasteiger partial charge in [0.15, 0.2) is 6.54 Å². The van der Waals surface area contributed by atoms with Crippen molar-refractivity contribution >= 4 is 0 Å². The highest BCUT2D eigenvalue weighted by Crippen LogP contribution is 2.23. The van der Waals surface area contributed by atoms with Gasteiger partial charge in [-0.1, -0.05) is 13.3 Å². The maximum Gasteiger partial charge on any atom is 0.242 e. The summed E-state index contributed by atoms with van der Waals surface area (Å²) < 4.78 is 21.2. The van der Waals surface area contributed by atoms with Crippen LogP contribution in [-0.4, -0.2) is 36.8 Å². The molecule has 1 aromatic carbocycles. The molecule has 0 radical (unpaired) electrons. The van der Waals surface area contributed by atoms with Crippen LogP contribution in [0.2, 0.25) is 0 Å². The largest absolute Gasteiger partial charge is 0.381 e. The molecule has 0 aliphatic carbocycles. The molecule has 0 saturated carbocycles. The predicted octanol–water partition coefficient (Wildman–Crippen LogP) is 3.77. The van der Waals surface area contributed by atoms with E-state index >= 15 is 0 Å². The molecule has 0 unspecified atom stereocenters. The molecule has 4 nitrogen and oxygen atoms in total. The summed E-state index contributed by atoms with van der Waals surface area (Å²) in [6.07, 6.45) is 6.71. The number of nitrogens with one attached hydrogen (secondary N) is 1. The maximum absolute atomic E-state index is 13.4. The van der Waals surface area contributed by atoms with Crippen molar-refractivity contribution < 1.29 is 13.8 Å². The number of aromatic amines is 1. The SMILES string of the molecule is CCCCN(C)Cc1c[nH][n+](CC2CCOCC2)c1-c1ccc(F)cc1. The first kappa shape index (κ1) is 19.1. The average molecular weight is 360 g/mol. The van der Waals surface area contributed by atoms with Gasteiger partial charge in [-0.05, 0) is 57.1 Å². The zero-order valence-corrected chi connectivity index (χ0v) is 16.0. The number of nitrogens with zero attached hydrogens (tertiary/aromatic N) is 2. The normalized spacial score (nSPS) is 15.7. The summed E-state index contributed by atoms with van der Waals surface area (Å²) in [6.45, 7) is 6.86. The van der Waals surface area contributed by atoms with Gasteiger partial charge in [0.25, 0.3) is 0 Å². The van der Waals surface area contributed by atoms with Crippen LogP contribution in [0.25, 0.3) is 11.3 Å². The average Bonchev–Trinajstić information content (AvgIpc) is 3.03. The predicted molar refractivity (Wildman–Crippen MR) is 101 cm³/mol. The summed E-state index contributed by atoms with van der Waals surface area (Å²) in [7, 11) is 2.17. The van der Waals surface area contributed by atoms with Gasteiger partial charge in [0.05, 0.1) is 11.8 Å². The highest BCUT2D eigenvalue weighted by atomic mass is 19.1. The smallest absolute Gasteiger partial charge is 0.242 e. The van der Waals surface area contributed by atoms with Crippen molar-refractivity contribution in [1.82, 2.24) is 10.00 Å². The van der Waals surface area contributed by atoms with Crippen LogP contribution in [-0.2, 0) is 17.8 Å². The molecule has 1 fully saturated rings. The second-order valence-electron chi connectivity index (χ2n) is 7.41. The molecule has 0 bridgehead atoms. The Morgan fingerprint density at radius 3 is 2.65 bits per heavy atom. The molecule has 2 heterocycles. The van der Waals surface area contributed by atoms with E-state index in [0.717, 1.165) is 51.3 Å². The molecule has 142 valence electrons.